The van der Waals surface area contributed by atoms with E-state index in [2.05, 4.69) is 25.2 Å². The molecule has 8 heteroatoms. The lowest BCUT2D eigenvalue weighted by atomic mass is 10.3. The second-order valence-electron chi connectivity index (χ2n) is 6.31. The number of rotatable bonds is 4. The van der Waals surface area contributed by atoms with Crippen LogP contribution in [-0.2, 0) is 0 Å². The molecule has 0 spiro atoms. The number of hydrogen-bond donors (Lipinski definition) is 1. The van der Waals surface area contributed by atoms with Gasteiger partial charge in [-0.15, -0.1) is 0 Å². The molecule has 0 aliphatic carbocycles. The highest BCUT2D eigenvalue weighted by Gasteiger charge is 2.16. The maximum atomic E-state index is 12.5. The summed E-state index contributed by atoms with van der Waals surface area (Å²) in [6.45, 7) is 3.89. The second-order valence-corrected chi connectivity index (χ2v) is 6.31. The lowest BCUT2D eigenvalue weighted by Gasteiger charge is -2.15. The van der Waals surface area contributed by atoms with Crippen LogP contribution < -0.4 is 15.0 Å². The summed E-state index contributed by atoms with van der Waals surface area (Å²) < 4.78 is 7.22. The average molecular weight is 352 g/mol. The first-order valence-corrected chi connectivity index (χ1v) is 8.56. The Hall–Kier alpha value is -3.16. The van der Waals surface area contributed by atoms with Gasteiger partial charge in [-0.25, -0.2) is 15.0 Å². The smallest absolute Gasteiger partial charge is 0.276 e. The van der Waals surface area contributed by atoms with Crippen molar-refractivity contribution in [3.8, 4) is 5.75 Å². The zero-order valence-electron chi connectivity index (χ0n) is 14.8. The molecule has 0 bridgehead atoms. The number of carbonyl (C=O) groups is 1. The molecule has 0 aromatic carbocycles. The van der Waals surface area contributed by atoms with Gasteiger partial charge in [-0.1, -0.05) is 0 Å². The Morgan fingerprint density at radius 3 is 2.69 bits per heavy atom. The van der Waals surface area contributed by atoms with Gasteiger partial charge in [0, 0.05) is 31.5 Å². The Balaban J connectivity index is 1.56. The molecule has 4 rings (SSSR count). The minimum atomic E-state index is -0.333. The Morgan fingerprint density at radius 2 is 2.00 bits per heavy atom. The number of aromatic nitrogens is 4. The third-order valence-electron chi connectivity index (χ3n) is 4.44. The van der Waals surface area contributed by atoms with Crippen molar-refractivity contribution < 1.29 is 9.53 Å². The van der Waals surface area contributed by atoms with Gasteiger partial charge in [-0.3, -0.25) is 4.79 Å². The van der Waals surface area contributed by atoms with Crippen LogP contribution in [0.4, 0.5) is 11.5 Å². The number of fused-ring (bicyclic) bond motifs is 1. The molecule has 1 amide bonds. The Labute approximate surface area is 150 Å². The van der Waals surface area contributed by atoms with Gasteiger partial charge in [0.15, 0.2) is 0 Å². The van der Waals surface area contributed by atoms with Crippen LogP contribution in [0.25, 0.3) is 5.65 Å². The summed E-state index contributed by atoms with van der Waals surface area (Å²) in [5.74, 6) is 1.02. The zero-order chi connectivity index (χ0) is 18.1. The van der Waals surface area contributed by atoms with E-state index in [1.165, 1.54) is 19.0 Å². The number of nitrogens with zero attached hydrogens (tertiary/aromatic N) is 5. The monoisotopic (exact) mass is 352 g/mol. The normalized spacial score (nSPS) is 14.0. The predicted octanol–water partition coefficient (Wildman–Crippen LogP) is 2.29. The largest absolute Gasteiger partial charge is 0.494 e. The van der Waals surface area contributed by atoms with E-state index >= 15 is 0 Å². The summed E-state index contributed by atoms with van der Waals surface area (Å²) >= 11 is 0. The van der Waals surface area contributed by atoms with E-state index in [1.807, 2.05) is 17.5 Å². The SMILES string of the molecule is COc1cc2nc(C)cn2cc1NC(=O)c1cnc(N2CCCC2)cn1. The maximum absolute atomic E-state index is 12.5. The molecule has 0 unspecified atom stereocenters. The second kappa shape index (κ2) is 6.62. The molecule has 1 aliphatic rings. The number of ether oxygens (including phenoxy) is 1. The number of nitrogens with one attached hydrogen (secondary N) is 1. The summed E-state index contributed by atoms with van der Waals surface area (Å²) in [6.07, 6.45) is 9.16. The first kappa shape index (κ1) is 16.3. The molecular weight excluding hydrogens is 332 g/mol. The quantitative estimate of drug-likeness (QED) is 0.775. The Kier molecular flexibility index (Phi) is 4.16. The fourth-order valence-electron chi connectivity index (χ4n) is 3.14. The molecule has 4 heterocycles. The van der Waals surface area contributed by atoms with Crippen molar-refractivity contribution in [1.29, 1.82) is 0 Å². The average Bonchev–Trinajstić information content (AvgIpc) is 3.29. The molecule has 3 aromatic heterocycles. The van der Waals surface area contributed by atoms with Crippen molar-refractivity contribution in [2.24, 2.45) is 0 Å². The Bertz CT molecular complexity index is 944. The van der Waals surface area contributed by atoms with Gasteiger partial charge >= 0.3 is 0 Å². The number of pyridine rings is 1. The summed E-state index contributed by atoms with van der Waals surface area (Å²) in [5.41, 5.74) is 2.45. The zero-order valence-corrected chi connectivity index (χ0v) is 14.8. The van der Waals surface area contributed by atoms with Crippen LogP contribution in [0, 0.1) is 6.92 Å². The molecule has 8 nitrogen and oxygen atoms in total. The van der Waals surface area contributed by atoms with Crippen molar-refractivity contribution in [2.75, 3.05) is 30.4 Å². The fourth-order valence-corrected chi connectivity index (χ4v) is 3.14. The molecule has 134 valence electrons. The molecule has 0 radical (unpaired) electrons. The fraction of sp³-hybridized carbons (Fsp3) is 0.333. The number of aryl methyl sites for hydroxylation is 1. The lowest BCUT2D eigenvalue weighted by molar-refractivity contribution is 0.102. The van der Waals surface area contributed by atoms with Crippen molar-refractivity contribution in [3.05, 3.63) is 42.2 Å². The van der Waals surface area contributed by atoms with Crippen LogP contribution >= 0.6 is 0 Å². The predicted molar refractivity (Wildman–Crippen MR) is 97.9 cm³/mol. The highest BCUT2D eigenvalue weighted by Crippen LogP contribution is 2.26. The van der Waals surface area contributed by atoms with Gasteiger partial charge in [-0.2, -0.15) is 0 Å². The minimum absolute atomic E-state index is 0.261. The lowest BCUT2D eigenvalue weighted by Crippen LogP contribution is -2.20. The van der Waals surface area contributed by atoms with E-state index in [0.29, 0.717) is 11.4 Å². The maximum Gasteiger partial charge on any atom is 0.276 e. The van der Waals surface area contributed by atoms with Crippen LogP contribution in [0.5, 0.6) is 5.75 Å². The van der Waals surface area contributed by atoms with E-state index in [9.17, 15) is 4.79 Å². The van der Waals surface area contributed by atoms with E-state index in [-0.39, 0.29) is 11.6 Å². The van der Waals surface area contributed by atoms with Crippen molar-refractivity contribution >= 4 is 23.1 Å². The number of methoxy groups -OCH3 is 1. The number of amides is 1. The third kappa shape index (κ3) is 3.05. The summed E-state index contributed by atoms with van der Waals surface area (Å²) in [4.78, 5) is 27.8. The Morgan fingerprint density at radius 1 is 1.19 bits per heavy atom. The number of anilines is 2. The van der Waals surface area contributed by atoms with Crippen LogP contribution in [0.3, 0.4) is 0 Å². The van der Waals surface area contributed by atoms with Gasteiger partial charge in [0.1, 0.15) is 28.6 Å². The van der Waals surface area contributed by atoms with Crippen molar-refractivity contribution in [1.82, 2.24) is 19.4 Å². The molecule has 0 saturated carbocycles. The molecule has 1 saturated heterocycles. The highest BCUT2D eigenvalue weighted by atomic mass is 16.5. The number of imidazole rings is 1. The van der Waals surface area contributed by atoms with Gasteiger partial charge in [0.2, 0.25) is 0 Å². The third-order valence-corrected chi connectivity index (χ3v) is 4.44. The van der Waals surface area contributed by atoms with E-state index in [4.69, 9.17) is 4.74 Å². The first-order chi connectivity index (χ1) is 12.6. The van der Waals surface area contributed by atoms with Crippen molar-refractivity contribution in [3.63, 3.8) is 0 Å². The first-order valence-electron chi connectivity index (χ1n) is 8.56. The van der Waals surface area contributed by atoms with Crippen molar-refractivity contribution in [2.45, 2.75) is 19.8 Å². The van der Waals surface area contributed by atoms with Crippen LogP contribution in [0.2, 0.25) is 0 Å². The van der Waals surface area contributed by atoms with Gasteiger partial charge in [0.25, 0.3) is 5.91 Å². The van der Waals surface area contributed by atoms with Gasteiger partial charge < -0.3 is 19.4 Å². The summed E-state index contributed by atoms with van der Waals surface area (Å²) in [7, 11) is 1.56. The molecule has 26 heavy (non-hydrogen) atoms. The molecule has 1 N–H and O–H groups in total. The van der Waals surface area contributed by atoms with Gasteiger partial charge in [-0.05, 0) is 19.8 Å². The molecule has 1 aliphatic heterocycles. The summed E-state index contributed by atoms with van der Waals surface area (Å²) in [5, 5.41) is 2.84. The molecular formula is C18H20N6O2. The molecule has 0 atom stereocenters. The highest BCUT2D eigenvalue weighted by molar-refractivity contribution is 6.03. The van der Waals surface area contributed by atoms with E-state index in [1.54, 1.807) is 25.6 Å². The van der Waals surface area contributed by atoms with Crippen LogP contribution in [-0.4, -0.2) is 45.5 Å². The summed E-state index contributed by atoms with van der Waals surface area (Å²) in [6, 6.07) is 1.78. The van der Waals surface area contributed by atoms with Gasteiger partial charge in [0.05, 0.1) is 25.2 Å². The standard InChI is InChI=1S/C18H20N6O2/c1-12-10-24-11-14(15(26-2)7-16(24)21-12)22-18(25)13-8-20-17(9-19-13)23-5-3-4-6-23/h7-11H,3-6H2,1-2H3,(H,22,25). The van der Waals surface area contributed by atoms with E-state index < -0.39 is 0 Å². The minimum Gasteiger partial charge on any atom is -0.494 e. The molecule has 1 fully saturated rings. The van der Waals surface area contributed by atoms with Crippen LogP contribution in [0.1, 0.15) is 29.0 Å². The number of hydrogen-bond acceptors (Lipinski definition) is 6. The number of carbonyl (C=O) groups excluding carboxylic acids is 1. The van der Waals surface area contributed by atoms with E-state index in [0.717, 1.165) is 30.2 Å². The molecule has 3 aromatic rings. The topological polar surface area (TPSA) is 84.7 Å². The van der Waals surface area contributed by atoms with Crippen LogP contribution in [0.15, 0.2) is 30.9 Å².